The van der Waals surface area contributed by atoms with Crippen LogP contribution in [0.15, 0.2) is 0 Å². The number of carbonyl (C=O) groups excluding carboxylic acids is 3. The average molecular weight is 347 g/mol. The van der Waals surface area contributed by atoms with E-state index in [1.54, 1.807) is 18.2 Å². The summed E-state index contributed by atoms with van der Waals surface area (Å²) in [7, 11) is 0. The zero-order valence-electron chi connectivity index (χ0n) is 13.9. The van der Waals surface area contributed by atoms with Gasteiger partial charge in [0.15, 0.2) is 0 Å². The number of nitrogens with one attached hydrogen (secondary N) is 3. The van der Waals surface area contributed by atoms with Gasteiger partial charge in [0.05, 0.1) is 18.2 Å². The summed E-state index contributed by atoms with van der Waals surface area (Å²) in [5, 5.41) is 33.0. The van der Waals surface area contributed by atoms with Crippen LogP contribution >= 0.6 is 0 Å². The minimum atomic E-state index is -0.368. The van der Waals surface area contributed by atoms with Crippen LogP contribution in [0.3, 0.4) is 0 Å². The number of rotatable bonds is 12. The lowest BCUT2D eigenvalue weighted by molar-refractivity contribution is -0.120. The van der Waals surface area contributed by atoms with E-state index in [1.807, 2.05) is 4.90 Å². The van der Waals surface area contributed by atoms with Gasteiger partial charge in [0.2, 0.25) is 17.7 Å². The first-order valence-corrected chi connectivity index (χ1v) is 7.66. The molecule has 10 nitrogen and oxygen atoms in total. The lowest BCUT2D eigenvalue weighted by atomic mass is 10.3. The number of hydrogen-bond donors (Lipinski definition) is 3. The van der Waals surface area contributed by atoms with Crippen molar-refractivity contribution in [3.63, 3.8) is 0 Å². The molecule has 0 saturated heterocycles. The van der Waals surface area contributed by atoms with Crippen LogP contribution in [0.1, 0.15) is 19.3 Å². The highest BCUT2D eigenvalue weighted by atomic mass is 16.2. The fourth-order valence-electron chi connectivity index (χ4n) is 1.80. The number of nitrogens with zero attached hydrogens (tertiary/aromatic N) is 4. The maximum absolute atomic E-state index is 11.2. The Bertz CT molecular complexity index is 490. The zero-order chi connectivity index (χ0) is 18.9. The molecule has 0 fully saturated rings. The number of nitriles is 3. The first kappa shape index (κ1) is 21.8. The molecule has 0 radical (unpaired) electrons. The Balaban J connectivity index is 4.25. The molecule has 10 heteroatoms. The van der Waals surface area contributed by atoms with Crippen molar-refractivity contribution in [3.8, 4) is 18.2 Å². The number of hydrogen-bond acceptors (Lipinski definition) is 7. The molecule has 0 aromatic rings. The highest BCUT2D eigenvalue weighted by Gasteiger charge is 2.08. The Kier molecular flexibility index (Phi) is 12.6. The van der Waals surface area contributed by atoms with E-state index in [0.717, 1.165) is 0 Å². The first-order chi connectivity index (χ1) is 12.0. The second-order valence-corrected chi connectivity index (χ2v) is 4.90. The van der Waals surface area contributed by atoms with E-state index in [1.165, 1.54) is 0 Å². The summed E-state index contributed by atoms with van der Waals surface area (Å²) in [6.45, 7) is 2.33. The summed E-state index contributed by atoms with van der Waals surface area (Å²) in [6, 6.07) is 5.25. The van der Waals surface area contributed by atoms with Crippen LogP contribution in [-0.4, -0.2) is 61.9 Å². The summed E-state index contributed by atoms with van der Waals surface area (Å²) in [5.74, 6) is -1.11. The second kappa shape index (κ2) is 14.4. The largest absolute Gasteiger partial charge is 0.354 e. The third-order valence-electron chi connectivity index (χ3n) is 2.97. The molecule has 25 heavy (non-hydrogen) atoms. The van der Waals surface area contributed by atoms with Crippen LogP contribution in [0.4, 0.5) is 0 Å². The molecule has 0 aliphatic carbocycles. The molecule has 0 aromatic carbocycles. The van der Waals surface area contributed by atoms with Gasteiger partial charge in [0.25, 0.3) is 0 Å². The molecule has 134 valence electrons. The van der Waals surface area contributed by atoms with Crippen molar-refractivity contribution >= 4 is 17.7 Å². The van der Waals surface area contributed by atoms with Crippen molar-refractivity contribution in [1.29, 1.82) is 15.8 Å². The molecule has 0 aliphatic rings. The van der Waals surface area contributed by atoms with E-state index in [0.29, 0.717) is 39.3 Å². The molecule has 0 spiro atoms. The molecule has 0 rings (SSSR count). The van der Waals surface area contributed by atoms with Crippen molar-refractivity contribution in [2.24, 2.45) is 0 Å². The van der Waals surface area contributed by atoms with Crippen molar-refractivity contribution < 1.29 is 14.4 Å². The quantitative estimate of drug-likeness (QED) is 0.382. The van der Waals surface area contributed by atoms with E-state index in [2.05, 4.69) is 16.0 Å². The predicted octanol–water partition coefficient (Wildman–Crippen LogP) is -1.62. The molecular weight excluding hydrogens is 326 g/mol. The maximum Gasteiger partial charge on any atom is 0.234 e. The zero-order valence-corrected chi connectivity index (χ0v) is 13.9. The highest BCUT2D eigenvalue weighted by molar-refractivity contribution is 5.78. The molecular formula is C15H21N7O3. The minimum absolute atomic E-state index is 0.214. The van der Waals surface area contributed by atoms with Gasteiger partial charge < -0.3 is 16.0 Å². The Morgan fingerprint density at radius 1 is 0.640 bits per heavy atom. The van der Waals surface area contributed by atoms with Crippen molar-refractivity contribution in [2.75, 3.05) is 39.3 Å². The molecule has 0 aliphatic heterocycles. The Labute approximate surface area is 146 Å². The van der Waals surface area contributed by atoms with E-state index >= 15 is 0 Å². The maximum atomic E-state index is 11.2. The topological polar surface area (TPSA) is 162 Å². The monoisotopic (exact) mass is 347 g/mol. The highest BCUT2D eigenvalue weighted by Crippen LogP contribution is 1.88. The molecule has 3 N–H and O–H groups in total. The summed E-state index contributed by atoms with van der Waals surface area (Å²) in [6.07, 6.45) is -0.642. The van der Waals surface area contributed by atoms with Crippen LogP contribution in [0.5, 0.6) is 0 Å². The molecule has 0 heterocycles. The van der Waals surface area contributed by atoms with Gasteiger partial charge in [-0.05, 0) is 0 Å². The number of carbonyl (C=O) groups is 3. The van der Waals surface area contributed by atoms with Crippen molar-refractivity contribution in [2.45, 2.75) is 19.3 Å². The fraction of sp³-hybridized carbons (Fsp3) is 0.600. The molecule has 0 atom stereocenters. The van der Waals surface area contributed by atoms with Gasteiger partial charge in [-0.2, -0.15) is 15.8 Å². The SMILES string of the molecule is N#CCC(=O)NCCN(CCNC(=O)CC#N)CCNC(=O)CC#N. The van der Waals surface area contributed by atoms with Gasteiger partial charge in [-0.3, -0.25) is 19.3 Å². The average Bonchev–Trinajstić information content (AvgIpc) is 2.55. The second-order valence-electron chi connectivity index (χ2n) is 4.90. The summed E-state index contributed by atoms with van der Waals surface area (Å²) < 4.78 is 0. The summed E-state index contributed by atoms with van der Waals surface area (Å²) in [4.78, 5) is 35.6. The smallest absolute Gasteiger partial charge is 0.234 e. The summed E-state index contributed by atoms with van der Waals surface area (Å²) in [5.41, 5.74) is 0. The van der Waals surface area contributed by atoms with Gasteiger partial charge in [0.1, 0.15) is 19.3 Å². The standard InChI is InChI=1S/C15H21N7O3/c16-4-1-13(23)19-7-10-22(11-8-20-14(24)2-5-17)12-9-21-15(25)3-6-18/h1-3,7-12H2,(H,19,23)(H,20,24)(H,21,25). The van der Waals surface area contributed by atoms with Gasteiger partial charge in [0, 0.05) is 39.3 Å². The van der Waals surface area contributed by atoms with E-state index < -0.39 is 0 Å². The lowest BCUT2D eigenvalue weighted by Crippen LogP contribution is -2.42. The van der Waals surface area contributed by atoms with Crippen LogP contribution in [0, 0.1) is 34.0 Å². The third kappa shape index (κ3) is 13.0. The van der Waals surface area contributed by atoms with E-state index in [-0.39, 0.29) is 37.0 Å². The predicted molar refractivity (Wildman–Crippen MR) is 86.2 cm³/mol. The fourth-order valence-corrected chi connectivity index (χ4v) is 1.80. The van der Waals surface area contributed by atoms with E-state index in [4.69, 9.17) is 15.8 Å². The van der Waals surface area contributed by atoms with Gasteiger partial charge in [-0.15, -0.1) is 0 Å². The van der Waals surface area contributed by atoms with Crippen LogP contribution < -0.4 is 16.0 Å². The molecule has 0 saturated carbocycles. The third-order valence-corrected chi connectivity index (χ3v) is 2.97. The van der Waals surface area contributed by atoms with Gasteiger partial charge in [-0.25, -0.2) is 0 Å². The lowest BCUT2D eigenvalue weighted by Gasteiger charge is -2.22. The first-order valence-electron chi connectivity index (χ1n) is 7.66. The van der Waals surface area contributed by atoms with Crippen LogP contribution in [0.25, 0.3) is 0 Å². The van der Waals surface area contributed by atoms with Gasteiger partial charge in [-0.1, -0.05) is 0 Å². The Morgan fingerprint density at radius 2 is 0.920 bits per heavy atom. The summed E-state index contributed by atoms with van der Waals surface area (Å²) >= 11 is 0. The van der Waals surface area contributed by atoms with Gasteiger partial charge >= 0.3 is 0 Å². The Morgan fingerprint density at radius 3 is 1.16 bits per heavy atom. The molecule has 0 unspecified atom stereocenters. The van der Waals surface area contributed by atoms with Crippen molar-refractivity contribution in [1.82, 2.24) is 20.9 Å². The molecule has 0 bridgehead atoms. The molecule has 3 amide bonds. The number of amides is 3. The van der Waals surface area contributed by atoms with Crippen LogP contribution in [-0.2, 0) is 14.4 Å². The normalized spacial score (nSPS) is 9.36. The minimum Gasteiger partial charge on any atom is -0.354 e. The Hall–Kier alpha value is -3.16. The van der Waals surface area contributed by atoms with E-state index in [9.17, 15) is 14.4 Å². The molecule has 0 aromatic heterocycles. The van der Waals surface area contributed by atoms with Crippen LogP contribution in [0.2, 0.25) is 0 Å². The van der Waals surface area contributed by atoms with Crippen molar-refractivity contribution in [3.05, 3.63) is 0 Å².